The lowest BCUT2D eigenvalue weighted by Gasteiger charge is -2.39. The number of anilines is 1. The largest absolute Gasteiger partial charge is 0.457 e. The lowest BCUT2D eigenvalue weighted by Crippen LogP contribution is -2.49. The van der Waals surface area contributed by atoms with Crippen molar-refractivity contribution in [1.29, 1.82) is 5.26 Å². The van der Waals surface area contributed by atoms with E-state index in [0.29, 0.717) is 54.7 Å². The van der Waals surface area contributed by atoms with E-state index in [1.165, 1.54) is 6.07 Å². The molecule has 0 spiro atoms. The number of ether oxygens (including phenoxy) is 2. The number of nitrogens with zero attached hydrogens (tertiary/aromatic N) is 6. The molecule has 45 heavy (non-hydrogen) atoms. The number of nitrogens with two attached hydrogens (primary N) is 1. The molecule has 4 aromatic rings. The van der Waals surface area contributed by atoms with Gasteiger partial charge in [0, 0.05) is 61.7 Å². The fourth-order valence-electron chi connectivity index (χ4n) is 6.24. The summed E-state index contributed by atoms with van der Waals surface area (Å²) in [5.41, 5.74) is 7.07. The molecule has 4 heterocycles. The summed E-state index contributed by atoms with van der Waals surface area (Å²) in [5, 5.41) is 10.0. The van der Waals surface area contributed by atoms with Gasteiger partial charge in [-0.15, -0.1) is 0 Å². The van der Waals surface area contributed by atoms with Crippen molar-refractivity contribution >= 4 is 17.2 Å². The first-order chi connectivity index (χ1) is 21.7. The van der Waals surface area contributed by atoms with Crippen LogP contribution in [-0.4, -0.2) is 74.5 Å². The molecule has 0 unspecified atom stereocenters. The van der Waals surface area contributed by atoms with Crippen LogP contribution in [0.3, 0.4) is 0 Å². The average Bonchev–Trinajstić information content (AvgIpc) is 3.66. The predicted octanol–water partition coefficient (Wildman–Crippen LogP) is 5.00. The highest BCUT2D eigenvalue weighted by molar-refractivity contribution is 5.97. The number of para-hydroxylation sites is 1. The fourth-order valence-corrected chi connectivity index (χ4v) is 6.24. The van der Waals surface area contributed by atoms with Gasteiger partial charge in [-0.1, -0.05) is 18.2 Å². The molecule has 2 aliphatic heterocycles. The molecule has 2 aromatic carbocycles. The number of rotatable bonds is 8. The summed E-state index contributed by atoms with van der Waals surface area (Å²) in [7, 11) is 0. The van der Waals surface area contributed by atoms with Crippen LogP contribution in [-0.2, 0) is 16.0 Å². The van der Waals surface area contributed by atoms with Crippen molar-refractivity contribution in [1.82, 2.24) is 24.2 Å². The molecule has 0 bridgehead atoms. The number of imidazole rings is 1. The lowest BCUT2D eigenvalue weighted by molar-refractivity contribution is -0.127. The number of amides is 1. The number of benzene rings is 2. The van der Waals surface area contributed by atoms with Gasteiger partial charge in [-0.25, -0.2) is 14.4 Å². The van der Waals surface area contributed by atoms with E-state index in [1.54, 1.807) is 47.6 Å². The highest BCUT2D eigenvalue weighted by Gasteiger charge is 2.34. The van der Waals surface area contributed by atoms with Crippen LogP contribution in [0.25, 0.3) is 16.8 Å². The fraction of sp³-hybridized carbons (Fsp3) is 0.353. The van der Waals surface area contributed by atoms with Gasteiger partial charge in [-0.3, -0.25) is 14.1 Å². The second-order valence-electron chi connectivity index (χ2n) is 11.9. The predicted molar refractivity (Wildman–Crippen MR) is 168 cm³/mol. The van der Waals surface area contributed by atoms with Gasteiger partial charge in [-0.2, -0.15) is 5.26 Å². The van der Waals surface area contributed by atoms with Crippen LogP contribution in [0.5, 0.6) is 11.5 Å². The summed E-state index contributed by atoms with van der Waals surface area (Å²) < 4.78 is 28.7. The van der Waals surface area contributed by atoms with Gasteiger partial charge in [-0.05, 0) is 57.0 Å². The molecule has 11 heteroatoms. The van der Waals surface area contributed by atoms with Crippen molar-refractivity contribution < 1.29 is 18.7 Å². The molecule has 2 aromatic heterocycles. The van der Waals surface area contributed by atoms with Gasteiger partial charge in [0.15, 0.2) is 0 Å². The van der Waals surface area contributed by atoms with Gasteiger partial charge in [0.05, 0.1) is 13.2 Å². The Labute approximate surface area is 261 Å². The Morgan fingerprint density at radius 1 is 1.18 bits per heavy atom. The maximum Gasteiger partial charge on any atom is 0.264 e. The molecule has 2 N–H and O–H groups in total. The van der Waals surface area contributed by atoms with Crippen LogP contribution in [0, 0.1) is 17.1 Å². The Morgan fingerprint density at radius 2 is 1.96 bits per heavy atom. The molecule has 0 aliphatic carbocycles. The number of hydrogen-bond donors (Lipinski definition) is 1. The molecule has 10 nitrogen and oxygen atoms in total. The normalized spacial score (nSPS) is 17.9. The zero-order chi connectivity index (χ0) is 31.6. The number of fused-ring (bicyclic) bond motifs is 1. The third-order valence-corrected chi connectivity index (χ3v) is 8.56. The van der Waals surface area contributed by atoms with E-state index in [4.69, 9.17) is 20.2 Å². The Morgan fingerprint density at radius 3 is 2.69 bits per heavy atom. The Kier molecular flexibility index (Phi) is 8.52. The van der Waals surface area contributed by atoms with E-state index in [-0.39, 0.29) is 28.9 Å². The summed E-state index contributed by atoms with van der Waals surface area (Å²) in [6.07, 6.45) is 7.06. The molecule has 0 radical (unpaired) electrons. The molecular formula is C34H36FN7O3. The second kappa shape index (κ2) is 12.7. The van der Waals surface area contributed by atoms with Gasteiger partial charge in [0.25, 0.3) is 5.91 Å². The molecule has 0 saturated carbocycles. The molecule has 232 valence electrons. The van der Waals surface area contributed by atoms with Crippen LogP contribution in [0.4, 0.5) is 10.2 Å². The zero-order valence-electron chi connectivity index (χ0n) is 25.4. The Balaban J connectivity index is 1.28. The minimum atomic E-state index is -0.511. The summed E-state index contributed by atoms with van der Waals surface area (Å²) in [5.74, 6) is 0.998. The van der Waals surface area contributed by atoms with Crippen molar-refractivity contribution in [3.63, 3.8) is 0 Å². The number of likely N-dealkylation sites (tertiary alicyclic amines) is 1. The van der Waals surface area contributed by atoms with Crippen molar-refractivity contribution in [3.05, 3.63) is 84.2 Å². The average molecular weight is 610 g/mol. The molecule has 1 amide bonds. The number of nitriles is 1. The molecule has 2 fully saturated rings. The SMILES string of the molecule is CC(C)(/C=C(\C#N)C(=O)N1CCC[C@H]1Cc1nc(-c2ccc(Oc3ccccc3)cc2F)c2c(N)nccn12)N1CCOCC1. The van der Waals surface area contributed by atoms with Gasteiger partial charge < -0.3 is 20.1 Å². The van der Waals surface area contributed by atoms with E-state index in [0.717, 1.165) is 25.9 Å². The van der Waals surface area contributed by atoms with Crippen LogP contribution in [0.2, 0.25) is 0 Å². The zero-order valence-corrected chi connectivity index (χ0v) is 25.4. The standard InChI is InChI=1S/C34H36FN7O3/c1-34(2,40-15-17-44-18-16-40)21-23(22-36)33(43)41-13-6-7-24(41)19-29-39-30(31-32(37)38-12-14-42(29)31)27-11-10-26(20-28(27)35)45-25-8-4-3-5-9-25/h3-5,8-12,14,20-21,24H,6-7,13,15-19H2,1-2H3,(H2,37,38)/b23-21+/t24-/m0/s1. The van der Waals surface area contributed by atoms with Crippen molar-refractivity contribution in [2.75, 3.05) is 38.6 Å². The minimum Gasteiger partial charge on any atom is -0.457 e. The number of carbonyl (C=O) groups is 1. The summed E-state index contributed by atoms with van der Waals surface area (Å²) in [6, 6.07) is 15.8. The number of aromatic nitrogens is 3. The van der Waals surface area contributed by atoms with E-state index in [2.05, 4.69) is 16.0 Å². The highest BCUT2D eigenvalue weighted by Crippen LogP contribution is 2.34. The second-order valence-corrected chi connectivity index (χ2v) is 11.9. The summed E-state index contributed by atoms with van der Waals surface area (Å²) in [4.78, 5) is 26.9. The van der Waals surface area contributed by atoms with Gasteiger partial charge >= 0.3 is 0 Å². The molecule has 2 aliphatic rings. The molecule has 2 saturated heterocycles. The van der Waals surface area contributed by atoms with Crippen LogP contribution in [0.1, 0.15) is 32.5 Å². The van der Waals surface area contributed by atoms with Crippen molar-refractivity contribution in [3.8, 4) is 28.8 Å². The Bertz CT molecular complexity index is 1770. The molecular weight excluding hydrogens is 573 g/mol. The maximum absolute atomic E-state index is 15.6. The smallest absolute Gasteiger partial charge is 0.264 e. The quantitative estimate of drug-likeness (QED) is 0.219. The van der Waals surface area contributed by atoms with Crippen molar-refractivity contribution in [2.24, 2.45) is 0 Å². The monoisotopic (exact) mass is 609 g/mol. The summed E-state index contributed by atoms with van der Waals surface area (Å²) >= 11 is 0. The first-order valence-corrected chi connectivity index (χ1v) is 15.2. The van der Waals surface area contributed by atoms with Crippen LogP contribution in [0.15, 0.2) is 72.6 Å². The maximum atomic E-state index is 15.6. The summed E-state index contributed by atoms with van der Waals surface area (Å²) in [6.45, 7) is 7.28. The highest BCUT2D eigenvalue weighted by atomic mass is 19.1. The molecule has 6 rings (SSSR count). The van der Waals surface area contributed by atoms with Gasteiger partial charge in [0.1, 0.15) is 51.8 Å². The van der Waals surface area contributed by atoms with Crippen LogP contribution < -0.4 is 10.5 Å². The minimum absolute atomic E-state index is 0.125. The third-order valence-electron chi connectivity index (χ3n) is 8.56. The lowest BCUT2D eigenvalue weighted by atomic mass is 9.97. The number of carbonyl (C=O) groups excluding carboxylic acids is 1. The topological polar surface area (TPSA) is 122 Å². The van der Waals surface area contributed by atoms with E-state index < -0.39 is 11.4 Å². The van der Waals surface area contributed by atoms with E-state index >= 15 is 4.39 Å². The van der Waals surface area contributed by atoms with Crippen LogP contribution >= 0.6 is 0 Å². The first-order valence-electron chi connectivity index (χ1n) is 15.2. The van der Waals surface area contributed by atoms with Gasteiger partial charge in [0.2, 0.25) is 0 Å². The van der Waals surface area contributed by atoms with Crippen molar-refractivity contribution in [2.45, 2.75) is 44.7 Å². The van der Waals surface area contributed by atoms with E-state index in [1.807, 2.05) is 36.4 Å². The number of hydrogen-bond acceptors (Lipinski definition) is 8. The number of morpholine rings is 1. The number of nitrogen functional groups attached to an aromatic ring is 1. The molecule has 1 atom stereocenters. The Hall–Kier alpha value is -4.79. The first kappa shape index (κ1) is 30.2. The number of halogens is 1. The third kappa shape index (κ3) is 6.25. The van der Waals surface area contributed by atoms with E-state index in [9.17, 15) is 10.1 Å².